The Labute approximate surface area is 136 Å². The van der Waals surface area contributed by atoms with Gasteiger partial charge in [-0.3, -0.25) is 0 Å². The first-order valence-electron chi connectivity index (χ1n) is 8.73. The van der Waals surface area contributed by atoms with Crippen LogP contribution in [0.2, 0.25) is 0 Å². The summed E-state index contributed by atoms with van der Waals surface area (Å²) in [5, 5.41) is 2.68. The standard InChI is InChI=1S/C20H25OS/c1-2-6-16(5-1)15-21-19-9-7-18-14-20(10-8-17(18)13-19)22-11-3-4-12-22/h7-10,13-14,16H,1-6,11-12,15H2/q+1. The average Bonchev–Trinajstić information content (AvgIpc) is 3.25. The molecule has 1 aliphatic carbocycles. The Morgan fingerprint density at radius 1 is 0.864 bits per heavy atom. The number of benzene rings is 2. The second-order valence-electron chi connectivity index (χ2n) is 6.74. The maximum atomic E-state index is 6.03. The highest BCUT2D eigenvalue weighted by Gasteiger charge is 2.26. The first-order chi connectivity index (χ1) is 10.9. The van der Waals surface area contributed by atoms with Crippen molar-refractivity contribution in [2.45, 2.75) is 43.4 Å². The molecule has 22 heavy (non-hydrogen) atoms. The molecule has 1 saturated heterocycles. The summed E-state index contributed by atoms with van der Waals surface area (Å²) in [6, 6.07) is 13.6. The highest BCUT2D eigenvalue weighted by atomic mass is 32.2. The Morgan fingerprint density at radius 2 is 1.59 bits per heavy atom. The van der Waals surface area contributed by atoms with Crippen LogP contribution < -0.4 is 4.74 Å². The van der Waals surface area contributed by atoms with E-state index >= 15 is 0 Å². The van der Waals surface area contributed by atoms with Gasteiger partial charge >= 0.3 is 0 Å². The van der Waals surface area contributed by atoms with Gasteiger partial charge in [0.2, 0.25) is 0 Å². The van der Waals surface area contributed by atoms with E-state index in [0.717, 1.165) is 18.3 Å². The lowest BCUT2D eigenvalue weighted by molar-refractivity contribution is 0.252. The van der Waals surface area contributed by atoms with Crippen molar-refractivity contribution in [3.63, 3.8) is 0 Å². The van der Waals surface area contributed by atoms with Crippen LogP contribution in [0.25, 0.3) is 10.8 Å². The minimum absolute atomic E-state index is 0.512. The maximum Gasteiger partial charge on any atom is 0.155 e. The highest BCUT2D eigenvalue weighted by Crippen LogP contribution is 2.29. The van der Waals surface area contributed by atoms with E-state index < -0.39 is 0 Å². The molecule has 0 unspecified atom stereocenters. The van der Waals surface area contributed by atoms with E-state index in [1.165, 1.54) is 60.8 Å². The van der Waals surface area contributed by atoms with Crippen LogP contribution in [0, 0.1) is 5.92 Å². The fraction of sp³-hybridized carbons (Fsp3) is 0.500. The van der Waals surface area contributed by atoms with Crippen LogP contribution in [0.5, 0.6) is 5.75 Å². The third-order valence-electron chi connectivity index (χ3n) is 5.11. The second-order valence-corrected chi connectivity index (χ2v) is 9.01. The Hall–Kier alpha value is -1.15. The quantitative estimate of drug-likeness (QED) is 0.707. The minimum atomic E-state index is 0.512. The van der Waals surface area contributed by atoms with Crippen LogP contribution in [0.1, 0.15) is 38.5 Å². The second kappa shape index (κ2) is 6.54. The van der Waals surface area contributed by atoms with Crippen LogP contribution in [0.15, 0.2) is 41.3 Å². The first-order valence-corrected chi connectivity index (χ1v) is 10.3. The minimum Gasteiger partial charge on any atom is -0.493 e. The number of fused-ring (bicyclic) bond motifs is 1. The molecule has 0 atom stereocenters. The third-order valence-corrected chi connectivity index (χ3v) is 7.59. The lowest BCUT2D eigenvalue weighted by atomic mass is 10.1. The van der Waals surface area contributed by atoms with Gasteiger partial charge in [0.05, 0.1) is 6.61 Å². The lowest BCUT2D eigenvalue weighted by Crippen LogP contribution is -2.07. The summed E-state index contributed by atoms with van der Waals surface area (Å²) in [6.07, 6.45) is 8.29. The molecule has 0 N–H and O–H groups in total. The van der Waals surface area contributed by atoms with Crippen molar-refractivity contribution in [3.05, 3.63) is 36.4 Å². The SMILES string of the molecule is c1cc2cc([S+]3CCCC3)ccc2cc1OCC1CCCC1. The molecule has 2 aliphatic rings. The molecule has 1 heterocycles. The summed E-state index contributed by atoms with van der Waals surface area (Å²) < 4.78 is 6.03. The normalized spacial score (nSPS) is 20.0. The van der Waals surface area contributed by atoms with Crippen molar-refractivity contribution in [2.75, 3.05) is 18.1 Å². The topological polar surface area (TPSA) is 9.23 Å². The molecule has 0 aromatic heterocycles. The fourth-order valence-corrected chi connectivity index (χ4v) is 6.09. The molecule has 116 valence electrons. The van der Waals surface area contributed by atoms with E-state index in [1.807, 2.05) is 0 Å². The van der Waals surface area contributed by atoms with Gasteiger partial charge in [-0.05, 0) is 66.6 Å². The number of hydrogen-bond acceptors (Lipinski definition) is 1. The molecule has 2 heteroatoms. The largest absolute Gasteiger partial charge is 0.493 e. The molecule has 4 rings (SSSR count). The monoisotopic (exact) mass is 313 g/mol. The molecule has 1 saturated carbocycles. The summed E-state index contributed by atoms with van der Waals surface area (Å²) >= 11 is 0. The van der Waals surface area contributed by atoms with Crippen molar-refractivity contribution in [1.29, 1.82) is 0 Å². The summed E-state index contributed by atoms with van der Waals surface area (Å²) in [5.41, 5.74) is 0. The van der Waals surface area contributed by atoms with Crippen LogP contribution in [-0.2, 0) is 10.9 Å². The molecule has 2 fully saturated rings. The first kappa shape index (κ1) is 14.4. The molecular weight excluding hydrogens is 288 g/mol. The summed E-state index contributed by atoms with van der Waals surface area (Å²) in [7, 11) is 0.512. The van der Waals surface area contributed by atoms with Gasteiger partial charge in [0.15, 0.2) is 4.90 Å². The number of hydrogen-bond donors (Lipinski definition) is 0. The van der Waals surface area contributed by atoms with Crippen LogP contribution in [0.4, 0.5) is 0 Å². The van der Waals surface area contributed by atoms with Gasteiger partial charge in [0.1, 0.15) is 17.3 Å². The Balaban J connectivity index is 1.49. The van der Waals surface area contributed by atoms with Gasteiger partial charge in [0.25, 0.3) is 0 Å². The van der Waals surface area contributed by atoms with Gasteiger partial charge in [-0.2, -0.15) is 0 Å². The van der Waals surface area contributed by atoms with Crippen molar-refractivity contribution >= 4 is 21.7 Å². The summed E-state index contributed by atoms with van der Waals surface area (Å²) in [5.74, 6) is 4.61. The molecular formula is C20H25OS+. The number of ether oxygens (including phenoxy) is 1. The van der Waals surface area contributed by atoms with Crippen LogP contribution in [-0.4, -0.2) is 18.1 Å². The lowest BCUT2D eigenvalue weighted by Gasteiger charge is -2.12. The van der Waals surface area contributed by atoms with E-state index in [-0.39, 0.29) is 0 Å². The predicted molar refractivity (Wildman–Crippen MR) is 96.0 cm³/mol. The maximum absolute atomic E-state index is 6.03. The van der Waals surface area contributed by atoms with Gasteiger partial charge in [0, 0.05) is 17.0 Å². The van der Waals surface area contributed by atoms with Crippen molar-refractivity contribution in [1.82, 2.24) is 0 Å². The predicted octanol–water partition coefficient (Wildman–Crippen LogP) is 5.18. The molecule has 2 aromatic carbocycles. The summed E-state index contributed by atoms with van der Waals surface area (Å²) in [6.45, 7) is 0.896. The Bertz CT molecular complexity index is 639. The Morgan fingerprint density at radius 3 is 2.41 bits per heavy atom. The van der Waals surface area contributed by atoms with E-state index in [2.05, 4.69) is 36.4 Å². The average molecular weight is 313 g/mol. The zero-order valence-corrected chi connectivity index (χ0v) is 14.0. The van der Waals surface area contributed by atoms with Gasteiger partial charge in [-0.15, -0.1) is 0 Å². The van der Waals surface area contributed by atoms with Crippen molar-refractivity contribution in [2.24, 2.45) is 5.92 Å². The molecule has 0 bridgehead atoms. The van der Waals surface area contributed by atoms with Crippen LogP contribution >= 0.6 is 0 Å². The zero-order valence-electron chi connectivity index (χ0n) is 13.2. The molecule has 0 spiro atoms. The molecule has 1 aliphatic heterocycles. The van der Waals surface area contributed by atoms with E-state index in [1.54, 1.807) is 4.90 Å². The molecule has 0 radical (unpaired) electrons. The van der Waals surface area contributed by atoms with E-state index in [9.17, 15) is 0 Å². The van der Waals surface area contributed by atoms with Gasteiger partial charge in [-0.1, -0.05) is 18.9 Å². The zero-order chi connectivity index (χ0) is 14.8. The van der Waals surface area contributed by atoms with E-state index in [4.69, 9.17) is 4.74 Å². The molecule has 1 nitrogen and oxygen atoms in total. The number of rotatable bonds is 4. The molecule has 0 amide bonds. The highest BCUT2D eigenvalue weighted by molar-refractivity contribution is 7.97. The van der Waals surface area contributed by atoms with Crippen LogP contribution in [0.3, 0.4) is 0 Å². The summed E-state index contributed by atoms with van der Waals surface area (Å²) in [4.78, 5) is 1.56. The van der Waals surface area contributed by atoms with Gasteiger partial charge < -0.3 is 4.74 Å². The Kier molecular flexibility index (Phi) is 4.29. The third kappa shape index (κ3) is 3.12. The smallest absolute Gasteiger partial charge is 0.155 e. The van der Waals surface area contributed by atoms with Crippen molar-refractivity contribution in [3.8, 4) is 5.75 Å². The van der Waals surface area contributed by atoms with Gasteiger partial charge in [-0.25, -0.2) is 0 Å². The van der Waals surface area contributed by atoms with E-state index in [0.29, 0.717) is 10.9 Å². The fourth-order valence-electron chi connectivity index (χ4n) is 3.75. The van der Waals surface area contributed by atoms with Crippen molar-refractivity contribution < 1.29 is 4.74 Å². The molecule has 2 aromatic rings.